The third kappa shape index (κ3) is 17.8. The third-order valence-electron chi connectivity index (χ3n) is 5.82. The van der Waals surface area contributed by atoms with Crippen LogP contribution in [0.3, 0.4) is 0 Å². The molecule has 0 fully saturated rings. The summed E-state index contributed by atoms with van der Waals surface area (Å²) in [5.41, 5.74) is 0. The van der Waals surface area contributed by atoms with Gasteiger partial charge in [0.1, 0.15) is 0 Å². The topological polar surface area (TPSA) is 78.9 Å². The summed E-state index contributed by atoms with van der Waals surface area (Å²) >= 11 is 0. The monoisotopic (exact) mass is 484 g/mol. The molecule has 0 radical (unpaired) electrons. The minimum atomic E-state index is -1.95. The molecule has 0 atom stereocenters. The van der Waals surface area contributed by atoms with Crippen LogP contribution in [0.25, 0.3) is 0 Å². The van der Waals surface area contributed by atoms with Crippen molar-refractivity contribution in [1.82, 2.24) is 0 Å². The highest BCUT2D eigenvalue weighted by Crippen LogP contribution is 2.26. The maximum Gasteiger partial charge on any atom is 0.423 e. The lowest BCUT2D eigenvalue weighted by molar-refractivity contribution is -0.333. The molecule has 0 rings (SSSR count). The number of rotatable bonds is 23. The fourth-order valence-electron chi connectivity index (χ4n) is 3.81. The standard InChI is InChI=1S/C28H52O6/c1-5-9-12-15-18-21-25(29)32-28(24-8-4,33-26(30)22-19-16-13-10-6-2)34-27(31)23-20-17-14-11-7-3/h5-24H2,1-4H3. The van der Waals surface area contributed by atoms with Crippen LogP contribution in [0.2, 0.25) is 0 Å². The van der Waals surface area contributed by atoms with Crippen molar-refractivity contribution in [3.05, 3.63) is 0 Å². The predicted molar refractivity (Wildman–Crippen MR) is 136 cm³/mol. The van der Waals surface area contributed by atoms with Crippen molar-refractivity contribution in [1.29, 1.82) is 0 Å². The second-order valence-corrected chi connectivity index (χ2v) is 9.35. The molecule has 0 aromatic rings. The van der Waals surface area contributed by atoms with E-state index in [2.05, 4.69) is 20.8 Å². The molecule has 0 bridgehead atoms. The van der Waals surface area contributed by atoms with E-state index in [1.165, 1.54) is 0 Å². The average molecular weight is 485 g/mol. The molecule has 0 amide bonds. The van der Waals surface area contributed by atoms with E-state index in [0.717, 1.165) is 77.0 Å². The molecule has 0 aromatic heterocycles. The number of hydrogen-bond donors (Lipinski definition) is 0. The van der Waals surface area contributed by atoms with Gasteiger partial charge >= 0.3 is 23.9 Å². The largest absolute Gasteiger partial charge is 0.423 e. The molecule has 0 aromatic carbocycles. The third-order valence-corrected chi connectivity index (χ3v) is 5.82. The van der Waals surface area contributed by atoms with Crippen LogP contribution in [0.15, 0.2) is 0 Å². The lowest BCUT2D eigenvalue weighted by atomic mass is 10.1. The van der Waals surface area contributed by atoms with Gasteiger partial charge in [0.15, 0.2) is 0 Å². The summed E-state index contributed by atoms with van der Waals surface area (Å²) in [4.78, 5) is 37.8. The average Bonchev–Trinajstić information content (AvgIpc) is 2.78. The molecule has 0 aliphatic rings. The first kappa shape index (κ1) is 32.4. The van der Waals surface area contributed by atoms with Crippen molar-refractivity contribution in [2.24, 2.45) is 0 Å². The van der Waals surface area contributed by atoms with E-state index >= 15 is 0 Å². The highest BCUT2D eigenvalue weighted by molar-refractivity contribution is 5.74. The molecular weight excluding hydrogens is 432 g/mol. The normalized spacial score (nSPS) is 11.3. The van der Waals surface area contributed by atoms with Gasteiger partial charge in [0.05, 0.1) is 6.42 Å². The molecule has 200 valence electrons. The molecular formula is C28H52O6. The molecule has 0 saturated heterocycles. The second kappa shape index (κ2) is 21.9. The Morgan fingerprint density at radius 3 is 1.00 bits per heavy atom. The van der Waals surface area contributed by atoms with Crippen LogP contribution in [-0.4, -0.2) is 23.9 Å². The molecule has 6 nitrogen and oxygen atoms in total. The number of esters is 3. The van der Waals surface area contributed by atoms with Gasteiger partial charge in [0.2, 0.25) is 0 Å². The first-order chi connectivity index (χ1) is 16.4. The van der Waals surface area contributed by atoms with Gasteiger partial charge in [-0.3, -0.25) is 14.4 Å². The Labute approximate surface area is 208 Å². The number of carbonyl (C=O) groups is 3. The molecule has 0 N–H and O–H groups in total. The Hall–Kier alpha value is -1.59. The van der Waals surface area contributed by atoms with E-state index in [-0.39, 0.29) is 25.7 Å². The zero-order chi connectivity index (χ0) is 25.5. The number of carbonyl (C=O) groups excluding carboxylic acids is 3. The van der Waals surface area contributed by atoms with E-state index < -0.39 is 23.9 Å². The van der Waals surface area contributed by atoms with E-state index in [1.807, 2.05) is 6.92 Å². The SMILES string of the molecule is CCCCCCCC(=O)OC(CCC)(OC(=O)CCCCCCC)OC(=O)CCCCCCC. The summed E-state index contributed by atoms with van der Waals surface area (Å²) in [6.45, 7) is 8.31. The molecule has 0 aliphatic carbocycles. The minimum absolute atomic E-state index is 0.137. The number of ether oxygens (including phenoxy) is 3. The van der Waals surface area contributed by atoms with Crippen molar-refractivity contribution in [3.63, 3.8) is 0 Å². The van der Waals surface area contributed by atoms with Gasteiger partial charge in [-0.1, -0.05) is 105 Å². The lowest BCUT2D eigenvalue weighted by Gasteiger charge is -2.31. The fourth-order valence-corrected chi connectivity index (χ4v) is 3.81. The number of unbranched alkanes of at least 4 members (excludes halogenated alkanes) is 12. The van der Waals surface area contributed by atoms with Crippen LogP contribution in [-0.2, 0) is 28.6 Å². The summed E-state index contributed by atoms with van der Waals surface area (Å²) < 4.78 is 16.8. The van der Waals surface area contributed by atoms with E-state index in [0.29, 0.717) is 25.7 Å². The summed E-state index contributed by atoms with van der Waals surface area (Å²) in [6.07, 6.45) is 16.3. The van der Waals surface area contributed by atoms with Gasteiger partial charge in [-0.15, -0.1) is 0 Å². The predicted octanol–water partition coefficient (Wildman–Crippen LogP) is 8.15. The maximum absolute atomic E-state index is 12.6. The van der Waals surface area contributed by atoms with Crippen LogP contribution in [0, 0.1) is 0 Å². The molecule has 0 saturated carbocycles. The first-order valence-electron chi connectivity index (χ1n) is 14.1. The molecule has 0 unspecified atom stereocenters. The van der Waals surface area contributed by atoms with Gasteiger partial charge in [-0.2, -0.15) is 0 Å². The van der Waals surface area contributed by atoms with Crippen LogP contribution in [0.4, 0.5) is 0 Å². The van der Waals surface area contributed by atoms with E-state index in [9.17, 15) is 14.4 Å². The van der Waals surface area contributed by atoms with Crippen LogP contribution in [0.1, 0.15) is 156 Å². The van der Waals surface area contributed by atoms with Crippen LogP contribution in [0.5, 0.6) is 0 Å². The zero-order valence-corrected chi connectivity index (χ0v) is 22.6. The summed E-state index contributed by atoms with van der Waals surface area (Å²) in [6, 6.07) is 0. The van der Waals surface area contributed by atoms with E-state index in [1.54, 1.807) is 0 Å². The smallest absolute Gasteiger partial charge is 0.388 e. The second-order valence-electron chi connectivity index (χ2n) is 9.35. The fraction of sp³-hybridized carbons (Fsp3) is 0.893. The van der Waals surface area contributed by atoms with Gasteiger partial charge < -0.3 is 14.2 Å². The molecule has 34 heavy (non-hydrogen) atoms. The van der Waals surface area contributed by atoms with Crippen LogP contribution < -0.4 is 0 Å². The quantitative estimate of drug-likeness (QED) is 0.0827. The maximum atomic E-state index is 12.6. The molecule has 0 heterocycles. The van der Waals surface area contributed by atoms with Crippen molar-refractivity contribution in [2.75, 3.05) is 0 Å². The Morgan fingerprint density at radius 1 is 0.441 bits per heavy atom. The highest BCUT2D eigenvalue weighted by atomic mass is 16.9. The molecule has 0 aliphatic heterocycles. The Kier molecular flexibility index (Phi) is 20.9. The van der Waals surface area contributed by atoms with Gasteiger partial charge in [0.25, 0.3) is 0 Å². The first-order valence-corrected chi connectivity index (χ1v) is 14.1. The zero-order valence-electron chi connectivity index (χ0n) is 22.6. The van der Waals surface area contributed by atoms with Crippen molar-refractivity contribution in [3.8, 4) is 0 Å². The van der Waals surface area contributed by atoms with Crippen molar-refractivity contribution >= 4 is 17.9 Å². The minimum Gasteiger partial charge on any atom is -0.388 e. The summed E-state index contributed by atoms with van der Waals surface area (Å²) in [7, 11) is 0. The highest BCUT2D eigenvalue weighted by Gasteiger charge is 2.42. The molecule has 0 spiro atoms. The van der Waals surface area contributed by atoms with Gasteiger partial charge in [-0.25, -0.2) is 0 Å². The summed E-state index contributed by atoms with van der Waals surface area (Å²) in [5.74, 6) is -3.42. The van der Waals surface area contributed by atoms with Gasteiger partial charge in [0, 0.05) is 19.3 Å². The van der Waals surface area contributed by atoms with Crippen molar-refractivity contribution < 1.29 is 28.6 Å². The van der Waals surface area contributed by atoms with Crippen LogP contribution >= 0.6 is 0 Å². The Balaban J connectivity index is 5.04. The molecule has 6 heteroatoms. The van der Waals surface area contributed by atoms with Gasteiger partial charge in [-0.05, 0) is 25.7 Å². The Bertz CT molecular complexity index is 462. The number of hydrogen-bond acceptors (Lipinski definition) is 6. The van der Waals surface area contributed by atoms with Crippen molar-refractivity contribution in [2.45, 2.75) is 162 Å². The van der Waals surface area contributed by atoms with E-state index in [4.69, 9.17) is 14.2 Å². The Morgan fingerprint density at radius 2 is 0.735 bits per heavy atom. The summed E-state index contributed by atoms with van der Waals surface area (Å²) in [5, 5.41) is 0. The lowest BCUT2D eigenvalue weighted by Crippen LogP contribution is -2.44.